The maximum Gasteiger partial charge on any atom is 0.224 e. The standard InChI is InChI=1S/C8H15NO2/c1-8(2)4-6(10)9(3)7(11)5-8/h6,10H,4-5H2,1-3H3. The van der Waals surface area contributed by atoms with Gasteiger partial charge in [-0.2, -0.15) is 0 Å². The van der Waals surface area contributed by atoms with Crippen LogP contribution in [0.3, 0.4) is 0 Å². The van der Waals surface area contributed by atoms with Crippen molar-refractivity contribution in [3.05, 3.63) is 0 Å². The van der Waals surface area contributed by atoms with Gasteiger partial charge in [0.2, 0.25) is 5.91 Å². The van der Waals surface area contributed by atoms with Gasteiger partial charge in [-0.25, -0.2) is 0 Å². The van der Waals surface area contributed by atoms with Crippen molar-refractivity contribution in [1.29, 1.82) is 0 Å². The fourth-order valence-electron chi connectivity index (χ4n) is 1.40. The second-order valence-electron chi connectivity index (χ2n) is 4.03. The lowest BCUT2D eigenvalue weighted by molar-refractivity contribution is -0.150. The second kappa shape index (κ2) is 2.48. The number of aliphatic hydroxyl groups excluding tert-OH is 1. The van der Waals surface area contributed by atoms with Crippen LogP contribution in [0.5, 0.6) is 0 Å². The Kier molecular flexibility index (Phi) is 1.92. The van der Waals surface area contributed by atoms with Crippen molar-refractivity contribution in [1.82, 2.24) is 4.90 Å². The van der Waals surface area contributed by atoms with Crippen LogP contribution in [0.15, 0.2) is 0 Å². The molecule has 0 bridgehead atoms. The molecule has 11 heavy (non-hydrogen) atoms. The van der Waals surface area contributed by atoms with Gasteiger partial charge in [-0.05, 0) is 11.8 Å². The summed E-state index contributed by atoms with van der Waals surface area (Å²) < 4.78 is 0. The van der Waals surface area contributed by atoms with E-state index in [1.165, 1.54) is 4.90 Å². The van der Waals surface area contributed by atoms with Crippen LogP contribution in [0.25, 0.3) is 0 Å². The van der Waals surface area contributed by atoms with Crippen LogP contribution in [0.4, 0.5) is 0 Å². The van der Waals surface area contributed by atoms with Gasteiger partial charge in [-0.15, -0.1) is 0 Å². The van der Waals surface area contributed by atoms with Gasteiger partial charge in [-0.3, -0.25) is 4.79 Å². The molecule has 0 aromatic carbocycles. The Balaban J connectivity index is 2.70. The van der Waals surface area contributed by atoms with Crippen LogP contribution in [0, 0.1) is 5.41 Å². The summed E-state index contributed by atoms with van der Waals surface area (Å²) in [4.78, 5) is 12.6. The molecule has 3 nitrogen and oxygen atoms in total. The van der Waals surface area contributed by atoms with E-state index in [0.29, 0.717) is 12.8 Å². The highest BCUT2D eigenvalue weighted by Gasteiger charge is 2.35. The van der Waals surface area contributed by atoms with Crippen molar-refractivity contribution < 1.29 is 9.90 Å². The highest BCUT2D eigenvalue weighted by Crippen LogP contribution is 2.32. The summed E-state index contributed by atoms with van der Waals surface area (Å²) in [6.07, 6.45) is 0.627. The number of hydrogen-bond donors (Lipinski definition) is 1. The van der Waals surface area contributed by atoms with Crippen LogP contribution in [-0.2, 0) is 4.79 Å². The second-order valence-corrected chi connectivity index (χ2v) is 4.03. The Labute approximate surface area is 67.0 Å². The van der Waals surface area contributed by atoms with Gasteiger partial charge in [0.25, 0.3) is 0 Å². The molecule has 1 atom stereocenters. The Morgan fingerprint density at radius 1 is 1.64 bits per heavy atom. The monoisotopic (exact) mass is 157 g/mol. The molecule has 0 aromatic heterocycles. The molecule has 1 unspecified atom stereocenters. The molecule has 1 amide bonds. The molecule has 1 aliphatic rings. The minimum atomic E-state index is -0.591. The van der Waals surface area contributed by atoms with E-state index < -0.39 is 6.23 Å². The first-order chi connectivity index (χ1) is 4.92. The van der Waals surface area contributed by atoms with E-state index in [1.54, 1.807) is 7.05 Å². The summed E-state index contributed by atoms with van der Waals surface area (Å²) >= 11 is 0. The van der Waals surface area contributed by atoms with Crippen LogP contribution in [0.2, 0.25) is 0 Å². The molecular formula is C8H15NO2. The Bertz CT molecular complexity index is 177. The summed E-state index contributed by atoms with van der Waals surface area (Å²) in [7, 11) is 1.64. The van der Waals surface area contributed by atoms with Crippen LogP contribution >= 0.6 is 0 Å². The number of hydrogen-bond acceptors (Lipinski definition) is 2. The quantitative estimate of drug-likeness (QED) is 0.559. The zero-order valence-corrected chi connectivity index (χ0v) is 7.29. The van der Waals surface area contributed by atoms with E-state index in [9.17, 15) is 9.90 Å². The molecule has 0 saturated carbocycles. The number of nitrogens with zero attached hydrogens (tertiary/aromatic N) is 1. The average molecular weight is 157 g/mol. The molecule has 1 fully saturated rings. The molecule has 1 heterocycles. The summed E-state index contributed by atoms with van der Waals surface area (Å²) in [5, 5.41) is 9.39. The summed E-state index contributed by atoms with van der Waals surface area (Å²) in [5.41, 5.74) is -0.0387. The number of amides is 1. The van der Waals surface area contributed by atoms with Gasteiger partial charge in [-0.1, -0.05) is 13.8 Å². The molecule has 1 rings (SSSR count). The van der Waals surface area contributed by atoms with Crippen molar-refractivity contribution in [3.8, 4) is 0 Å². The number of likely N-dealkylation sites (tertiary alicyclic amines) is 1. The third-order valence-electron chi connectivity index (χ3n) is 2.21. The van der Waals surface area contributed by atoms with Gasteiger partial charge in [0, 0.05) is 13.5 Å². The van der Waals surface area contributed by atoms with Gasteiger partial charge < -0.3 is 10.0 Å². The molecule has 0 spiro atoms. The summed E-state index contributed by atoms with van der Waals surface area (Å²) in [6.45, 7) is 4.00. The molecule has 0 aromatic rings. The SMILES string of the molecule is CN1C(=O)CC(C)(C)CC1O. The number of piperidine rings is 1. The maximum atomic E-state index is 11.2. The fourth-order valence-corrected chi connectivity index (χ4v) is 1.40. The first-order valence-corrected chi connectivity index (χ1v) is 3.86. The number of rotatable bonds is 0. The predicted octanol–water partition coefficient (Wildman–Crippen LogP) is 0.583. The molecule has 0 radical (unpaired) electrons. The van der Waals surface area contributed by atoms with E-state index >= 15 is 0 Å². The van der Waals surface area contributed by atoms with Gasteiger partial charge in [0.05, 0.1) is 0 Å². The van der Waals surface area contributed by atoms with Crippen molar-refractivity contribution in [2.24, 2.45) is 5.41 Å². The van der Waals surface area contributed by atoms with E-state index in [-0.39, 0.29) is 11.3 Å². The highest BCUT2D eigenvalue weighted by atomic mass is 16.3. The third-order valence-corrected chi connectivity index (χ3v) is 2.21. The van der Waals surface area contributed by atoms with E-state index in [2.05, 4.69) is 0 Å². The lowest BCUT2D eigenvalue weighted by atomic mass is 9.81. The van der Waals surface area contributed by atoms with Crippen molar-refractivity contribution in [3.63, 3.8) is 0 Å². The van der Waals surface area contributed by atoms with Crippen molar-refractivity contribution in [2.75, 3.05) is 7.05 Å². The van der Waals surface area contributed by atoms with Crippen LogP contribution in [0.1, 0.15) is 26.7 Å². The number of carbonyl (C=O) groups excluding carboxylic acids is 1. The molecule has 1 N–H and O–H groups in total. The number of carbonyl (C=O) groups is 1. The molecule has 0 aliphatic carbocycles. The minimum Gasteiger partial charge on any atom is -0.374 e. The highest BCUT2D eigenvalue weighted by molar-refractivity contribution is 5.77. The first-order valence-electron chi connectivity index (χ1n) is 3.86. The van der Waals surface area contributed by atoms with Gasteiger partial charge in [0.15, 0.2) is 0 Å². The molecule has 64 valence electrons. The molecule has 1 aliphatic heterocycles. The Hall–Kier alpha value is -0.570. The smallest absolute Gasteiger partial charge is 0.224 e. The topological polar surface area (TPSA) is 40.5 Å². The fraction of sp³-hybridized carbons (Fsp3) is 0.875. The zero-order valence-electron chi connectivity index (χ0n) is 7.29. The summed E-state index contributed by atoms with van der Waals surface area (Å²) in [6, 6.07) is 0. The van der Waals surface area contributed by atoms with Gasteiger partial charge in [0.1, 0.15) is 6.23 Å². The van der Waals surface area contributed by atoms with E-state index in [0.717, 1.165) is 0 Å². The van der Waals surface area contributed by atoms with Gasteiger partial charge >= 0.3 is 0 Å². The maximum absolute atomic E-state index is 11.2. The van der Waals surface area contributed by atoms with Crippen molar-refractivity contribution >= 4 is 5.91 Å². The average Bonchev–Trinajstić information content (AvgIpc) is 1.81. The minimum absolute atomic E-state index is 0.0359. The molecular weight excluding hydrogens is 142 g/mol. The largest absolute Gasteiger partial charge is 0.374 e. The lowest BCUT2D eigenvalue weighted by Crippen LogP contribution is -2.46. The predicted molar refractivity (Wildman–Crippen MR) is 41.8 cm³/mol. The zero-order chi connectivity index (χ0) is 8.65. The molecule has 1 saturated heterocycles. The normalized spacial score (nSPS) is 30.7. The van der Waals surface area contributed by atoms with Crippen LogP contribution in [-0.4, -0.2) is 29.2 Å². The van der Waals surface area contributed by atoms with Crippen LogP contribution < -0.4 is 0 Å². The Morgan fingerprint density at radius 3 is 2.64 bits per heavy atom. The van der Waals surface area contributed by atoms with E-state index in [4.69, 9.17) is 0 Å². The molecule has 3 heteroatoms. The Morgan fingerprint density at radius 2 is 2.18 bits per heavy atom. The van der Waals surface area contributed by atoms with Crippen molar-refractivity contribution in [2.45, 2.75) is 32.9 Å². The summed E-state index contributed by atoms with van der Waals surface area (Å²) in [5.74, 6) is 0.0359. The van der Waals surface area contributed by atoms with E-state index in [1.807, 2.05) is 13.8 Å². The number of aliphatic hydroxyl groups is 1. The third kappa shape index (κ3) is 1.71. The lowest BCUT2D eigenvalue weighted by Gasteiger charge is -2.38. The first kappa shape index (κ1) is 8.53.